The molecule has 0 saturated carbocycles. The van der Waals surface area contributed by atoms with Gasteiger partial charge in [0.2, 0.25) is 0 Å². The summed E-state index contributed by atoms with van der Waals surface area (Å²) in [5, 5.41) is 0. The normalized spacial score (nSPS) is 13.8. The van der Waals surface area contributed by atoms with E-state index < -0.39 is 11.9 Å². The maximum atomic E-state index is 12.4. The van der Waals surface area contributed by atoms with Crippen molar-refractivity contribution in [3.63, 3.8) is 0 Å². The zero-order valence-electron chi connectivity index (χ0n) is 16.4. The highest BCUT2D eigenvalue weighted by molar-refractivity contribution is 6.03. The molecule has 0 N–H and O–H groups in total. The zero-order chi connectivity index (χ0) is 19.0. The van der Waals surface area contributed by atoms with Gasteiger partial charge in [0.05, 0.1) is 23.8 Å². The summed E-state index contributed by atoms with van der Waals surface area (Å²) in [6.45, 7) is 12.9. The molecule has 0 aliphatic rings. The lowest BCUT2D eigenvalue weighted by Crippen LogP contribution is -2.19. The van der Waals surface area contributed by atoms with E-state index in [-0.39, 0.29) is 22.6 Å². The Morgan fingerprint density at radius 3 is 2.12 bits per heavy atom. The first-order chi connectivity index (χ1) is 11.6. The van der Waals surface area contributed by atoms with Crippen LogP contribution in [0.15, 0.2) is 24.3 Å². The minimum Gasteiger partial charge on any atom is -0.462 e. The van der Waals surface area contributed by atoms with E-state index in [1.165, 1.54) is 0 Å². The second-order valence-corrected chi connectivity index (χ2v) is 7.96. The van der Waals surface area contributed by atoms with Gasteiger partial charge in [-0.1, -0.05) is 46.8 Å². The van der Waals surface area contributed by atoms with Gasteiger partial charge in [-0.15, -0.1) is 0 Å². The smallest absolute Gasteiger partial charge is 0.339 e. The van der Waals surface area contributed by atoms with Gasteiger partial charge in [0.15, 0.2) is 0 Å². The third-order valence-corrected chi connectivity index (χ3v) is 4.05. The Morgan fingerprint density at radius 1 is 1.04 bits per heavy atom. The first kappa shape index (κ1) is 21.2. The van der Waals surface area contributed by atoms with Crippen LogP contribution in [0.3, 0.4) is 0 Å². The minimum absolute atomic E-state index is 0.185. The van der Waals surface area contributed by atoms with E-state index in [0.29, 0.717) is 12.5 Å². The zero-order valence-corrected chi connectivity index (χ0v) is 16.4. The van der Waals surface area contributed by atoms with Crippen LogP contribution in [0.2, 0.25) is 0 Å². The van der Waals surface area contributed by atoms with Gasteiger partial charge in [0.25, 0.3) is 0 Å². The lowest BCUT2D eigenvalue weighted by molar-refractivity contribution is 0.0319. The molecule has 1 aromatic carbocycles. The number of hydrogen-bond donors (Lipinski definition) is 0. The van der Waals surface area contributed by atoms with Crippen molar-refractivity contribution in [2.24, 2.45) is 11.3 Å². The molecule has 0 spiro atoms. The van der Waals surface area contributed by atoms with Crippen molar-refractivity contribution >= 4 is 11.9 Å². The first-order valence-electron chi connectivity index (χ1n) is 9.11. The molecule has 0 aromatic heterocycles. The van der Waals surface area contributed by atoms with Gasteiger partial charge in [-0.05, 0) is 49.7 Å². The van der Waals surface area contributed by atoms with E-state index in [9.17, 15) is 9.59 Å². The van der Waals surface area contributed by atoms with Crippen molar-refractivity contribution in [1.82, 2.24) is 0 Å². The molecule has 2 atom stereocenters. The third-order valence-electron chi connectivity index (χ3n) is 4.05. The summed E-state index contributed by atoms with van der Waals surface area (Å²) >= 11 is 0. The van der Waals surface area contributed by atoms with Crippen LogP contribution in [-0.2, 0) is 9.47 Å². The highest BCUT2D eigenvalue weighted by atomic mass is 16.5. The Kier molecular flexibility index (Phi) is 8.14. The average molecular weight is 348 g/mol. The predicted molar refractivity (Wildman–Crippen MR) is 99.7 cm³/mol. The number of esters is 2. The molecule has 0 aliphatic carbocycles. The second kappa shape index (κ2) is 9.59. The van der Waals surface area contributed by atoms with Gasteiger partial charge in [-0.25, -0.2) is 9.59 Å². The van der Waals surface area contributed by atoms with E-state index in [1.807, 2.05) is 13.8 Å². The Morgan fingerprint density at radius 2 is 1.60 bits per heavy atom. The number of hydrogen-bond acceptors (Lipinski definition) is 4. The van der Waals surface area contributed by atoms with Crippen molar-refractivity contribution < 1.29 is 19.1 Å². The van der Waals surface area contributed by atoms with Crippen LogP contribution in [0.5, 0.6) is 0 Å². The molecule has 4 heteroatoms. The van der Waals surface area contributed by atoms with Gasteiger partial charge >= 0.3 is 11.9 Å². The van der Waals surface area contributed by atoms with Gasteiger partial charge in [0, 0.05) is 0 Å². The van der Waals surface area contributed by atoms with Crippen molar-refractivity contribution in [1.29, 1.82) is 0 Å². The Bertz CT molecular complexity index is 572. The van der Waals surface area contributed by atoms with Crippen LogP contribution in [-0.4, -0.2) is 24.6 Å². The van der Waals surface area contributed by atoms with Gasteiger partial charge < -0.3 is 9.47 Å². The van der Waals surface area contributed by atoms with Gasteiger partial charge in [-0.3, -0.25) is 0 Å². The largest absolute Gasteiger partial charge is 0.462 e. The molecule has 0 fully saturated rings. The van der Waals surface area contributed by atoms with E-state index in [0.717, 1.165) is 19.3 Å². The first-order valence-corrected chi connectivity index (χ1v) is 9.11. The number of ether oxygens (including phenoxy) is 2. The summed E-state index contributed by atoms with van der Waals surface area (Å²) in [6.07, 6.45) is 2.42. The molecule has 2 unspecified atom stereocenters. The van der Waals surface area contributed by atoms with Crippen LogP contribution in [0, 0.1) is 11.3 Å². The molecule has 1 rings (SSSR count). The summed E-state index contributed by atoms with van der Waals surface area (Å²) in [4.78, 5) is 24.6. The van der Waals surface area contributed by atoms with Crippen molar-refractivity contribution in [2.75, 3.05) is 6.61 Å². The molecule has 0 heterocycles. The Balaban J connectivity index is 2.65. The molecule has 0 radical (unpaired) electrons. The van der Waals surface area contributed by atoms with Gasteiger partial charge in [0.1, 0.15) is 0 Å². The highest BCUT2D eigenvalue weighted by Crippen LogP contribution is 2.26. The highest BCUT2D eigenvalue weighted by Gasteiger charge is 2.21. The van der Waals surface area contributed by atoms with Gasteiger partial charge in [-0.2, -0.15) is 0 Å². The van der Waals surface area contributed by atoms with E-state index in [4.69, 9.17) is 9.47 Å². The topological polar surface area (TPSA) is 52.6 Å². The van der Waals surface area contributed by atoms with Crippen LogP contribution in [0.4, 0.5) is 0 Å². The summed E-state index contributed by atoms with van der Waals surface area (Å²) in [5.74, 6) is -0.485. The molecule has 0 amide bonds. The van der Waals surface area contributed by atoms with Crippen LogP contribution >= 0.6 is 0 Å². The molecule has 25 heavy (non-hydrogen) atoms. The number of carbonyl (C=O) groups excluding carboxylic acids is 2. The fourth-order valence-corrected chi connectivity index (χ4v) is 2.75. The van der Waals surface area contributed by atoms with Crippen molar-refractivity contribution in [2.45, 2.75) is 66.9 Å². The molecule has 0 aliphatic heterocycles. The average Bonchev–Trinajstić information content (AvgIpc) is 2.52. The summed E-state index contributed by atoms with van der Waals surface area (Å²) in [7, 11) is 0. The standard InChI is InChI=1S/C21H32O4/c1-7-16(3)25-20(23)18-11-9-8-10-17(18)19(22)24-13-12-15(2)14-21(4,5)6/h8-11,15-16H,7,12-14H2,1-6H3. The molecule has 4 nitrogen and oxygen atoms in total. The molecule has 0 bridgehead atoms. The van der Waals surface area contributed by atoms with Crippen LogP contribution in [0.1, 0.15) is 81.5 Å². The lowest BCUT2D eigenvalue weighted by Gasteiger charge is -2.23. The lowest BCUT2D eigenvalue weighted by atomic mass is 9.84. The third kappa shape index (κ3) is 7.72. The summed E-state index contributed by atoms with van der Waals surface area (Å²) < 4.78 is 10.7. The Labute approximate surface area is 151 Å². The summed E-state index contributed by atoms with van der Waals surface area (Å²) in [5.41, 5.74) is 0.783. The molecular formula is C21H32O4. The van der Waals surface area contributed by atoms with Crippen LogP contribution in [0.25, 0.3) is 0 Å². The van der Waals surface area contributed by atoms with Crippen molar-refractivity contribution in [3.05, 3.63) is 35.4 Å². The molecule has 140 valence electrons. The number of rotatable bonds is 8. The molecule has 0 saturated heterocycles. The minimum atomic E-state index is -0.483. The van der Waals surface area contributed by atoms with E-state index in [2.05, 4.69) is 27.7 Å². The van der Waals surface area contributed by atoms with Crippen molar-refractivity contribution in [3.8, 4) is 0 Å². The quantitative estimate of drug-likeness (QED) is 0.601. The number of benzene rings is 1. The fraction of sp³-hybridized carbons (Fsp3) is 0.619. The fourth-order valence-electron chi connectivity index (χ4n) is 2.75. The Hall–Kier alpha value is -1.84. The number of carbonyl (C=O) groups is 2. The maximum Gasteiger partial charge on any atom is 0.339 e. The van der Waals surface area contributed by atoms with E-state index in [1.54, 1.807) is 24.3 Å². The molecular weight excluding hydrogens is 316 g/mol. The second-order valence-electron chi connectivity index (χ2n) is 7.96. The van der Waals surface area contributed by atoms with E-state index >= 15 is 0 Å². The molecule has 1 aromatic rings. The maximum absolute atomic E-state index is 12.4. The summed E-state index contributed by atoms with van der Waals surface area (Å²) in [6, 6.07) is 6.64. The SMILES string of the molecule is CCC(C)OC(=O)c1ccccc1C(=O)OCCC(C)CC(C)(C)C. The van der Waals surface area contributed by atoms with Crippen LogP contribution < -0.4 is 0 Å². The predicted octanol–water partition coefficient (Wildman–Crippen LogP) is 5.26. The monoisotopic (exact) mass is 348 g/mol.